The fraction of sp³-hybridized carbons (Fsp3) is 0.100. The normalized spacial score (nSPS) is 10.8. The van der Waals surface area contributed by atoms with E-state index in [1.807, 2.05) is 0 Å². The molecule has 2 aromatic carbocycles. The van der Waals surface area contributed by atoms with Gasteiger partial charge in [-0.2, -0.15) is 4.39 Å². The Balaban J connectivity index is 1.58. The number of hydrogen-bond acceptors (Lipinski definition) is 8. The van der Waals surface area contributed by atoms with E-state index in [4.69, 9.17) is 31.9 Å². The number of methoxy groups -OCH3 is 1. The van der Waals surface area contributed by atoms with Crippen molar-refractivity contribution in [1.82, 2.24) is 19.7 Å². The second kappa shape index (κ2) is 8.55. The van der Waals surface area contributed by atoms with Gasteiger partial charge in [-0.25, -0.2) is 9.97 Å². The van der Waals surface area contributed by atoms with Gasteiger partial charge in [0, 0.05) is 17.5 Å². The van der Waals surface area contributed by atoms with Crippen LogP contribution >= 0.6 is 11.6 Å². The van der Waals surface area contributed by atoms with Gasteiger partial charge in [0.15, 0.2) is 0 Å². The molecule has 0 saturated heterocycles. The van der Waals surface area contributed by atoms with E-state index in [1.54, 1.807) is 24.3 Å². The monoisotopic (exact) mass is 458 g/mol. The predicted molar refractivity (Wildman–Crippen MR) is 115 cm³/mol. The van der Waals surface area contributed by atoms with Gasteiger partial charge in [-0.05, 0) is 18.2 Å². The lowest BCUT2D eigenvalue weighted by Crippen LogP contribution is -2.08. The van der Waals surface area contributed by atoms with Crippen molar-refractivity contribution in [2.75, 3.05) is 18.2 Å². The van der Waals surface area contributed by atoms with Crippen LogP contribution in [0.25, 0.3) is 10.9 Å². The van der Waals surface area contributed by atoms with Gasteiger partial charge in [-0.3, -0.25) is 9.48 Å². The highest BCUT2D eigenvalue weighted by Crippen LogP contribution is 2.35. The van der Waals surface area contributed by atoms with Crippen LogP contribution in [0.15, 0.2) is 42.9 Å². The number of carboxylic acid groups (broad SMARTS) is 1. The Morgan fingerprint density at radius 3 is 2.84 bits per heavy atom. The number of carbonyl (C=O) groups is 1. The molecule has 12 heteroatoms. The van der Waals surface area contributed by atoms with E-state index in [0.717, 1.165) is 10.9 Å². The largest absolute Gasteiger partial charge is 0.495 e. The van der Waals surface area contributed by atoms with E-state index in [9.17, 15) is 9.18 Å². The SMILES string of the molecule is COc1cc2ncnc(Nc3ccc(Oc4nn(CC(=O)O)cc4F)cc3Cl)c2cc1N. The number of halogens is 2. The minimum Gasteiger partial charge on any atom is -0.495 e. The number of nitrogens with one attached hydrogen (secondary N) is 1. The second-order valence-electron chi connectivity index (χ2n) is 6.58. The molecule has 10 nitrogen and oxygen atoms in total. The highest BCUT2D eigenvalue weighted by atomic mass is 35.5. The van der Waals surface area contributed by atoms with Gasteiger partial charge in [0.25, 0.3) is 5.88 Å². The van der Waals surface area contributed by atoms with Crippen molar-refractivity contribution in [3.8, 4) is 17.4 Å². The Morgan fingerprint density at radius 2 is 2.12 bits per heavy atom. The molecule has 0 radical (unpaired) electrons. The number of nitrogens with zero attached hydrogens (tertiary/aromatic N) is 4. The third kappa shape index (κ3) is 4.32. The number of carboxylic acids is 1. The standard InChI is InChI=1S/C20H16ClFN6O4/c1-31-17-6-16-11(5-14(17)23)19(25-9-24-16)26-15-3-2-10(4-12(15)21)32-20-13(22)7-28(27-20)8-18(29)30/h2-7,9H,8,23H2,1H3,(H,29,30)(H,24,25,26). The van der Waals surface area contributed by atoms with Crippen molar-refractivity contribution >= 4 is 45.7 Å². The van der Waals surface area contributed by atoms with E-state index < -0.39 is 18.3 Å². The molecule has 0 atom stereocenters. The first kappa shape index (κ1) is 21.1. The van der Waals surface area contributed by atoms with Crippen molar-refractivity contribution in [3.63, 3.8) is 0 Å². The summed E-state index contributed by atoms with van der Waals surface area (Å²) >= 11 is 6.36. The van der Waals surface area contributed by atoms with E-state index in [1.165, 1.54) is 19.5 Å². The van der Waals surface area contributed by atoms with Crippen molar-refractivity contribution in [2.45, 2.75) is 6.54 Å². The summed E-state index contributed by atoms with van der Waals surface area (Å²) in [5.74, 6) is -1.14. The summed E-state index contributed by atoms with van der Waals surface area (Å²) in [5.41, 5.74) is 7.56. The van der Waals surface area contributed by atoms with Crippen LogP contribution in [0, 0.1) is 5.82 Å². The molecule has 0 amide bonds. The minimum atomic E-state index is -1.16. The summed E-state index contributed by atoms with van der Waals surface area (Å²) in [5, 5.41) is 16.6. The summed E-state index contributed by atoms with van der Waals surface area (Å²) in [4.78, 5) is 19.2. The van der Waals surface area contributed by atoms with Crippen LogP contribution in [0.3, 0.4) is 0 Å². The van der Waals surface area contributed by atoms with E-state index >= 15 is 0 Å². The van der Waals surface area contributed by atoms with Gasteiger partial charge < -0.3 is 25.6 Å². The Kier molecular flexibility index (Phi) is 5.65. The van der Waals surface area contributed by atoms with E-state index in [2.05, 4.69) is 20.4 Å². The van der Waals surface area contributed by atoms with Crippen molar-refractivity contribution in [2.24, 2.45) is 0 Å². The molecule has 164 valence electrons. The number of fused-ring (bicyclic) bond motifs is 1. The van der Waals surface area contributed by atoms with Crippen LogP contribution in [0.2, 0.25) is 5.02 Å². The molecule has 0 aliphatic heterocycles. The number of aromatic nitrogens is 4. The summed E-state index contributed by atoms with van der Waals surface area (Å²) in [6.45, 7) is -0.493. The van der Waals surface area contributed by atoms with Crippen LogP contribution in [-0.4, -0.2) is 37.9 Å². The summed E-state index contributed by atoms with van der Waals surface area (Å²) < 4.78 is 25.5. The van der Waals surface area contributed by atoms with Gasteiger partial charge in [0.1, 0.15) is 30.2 Å². The van der Waals surface area contributed by atoms with Gasteiger partial charge in [0.05, 0.1) is 35.2 Å². The maximum absolute atomic E-state index is 14.0. The zero-order valence-corrected chi connectivity index (χ0v) is 17.3. The van der Waals surface area contributed by atoms with Crippen molar-refractivity contribution in [1.29, 1.82) is 0 Å². The van der Waals surface area contributed by atoms with Crippen LogP contribution in [0.1, 0.15) is 0 Å². The number of hydrogen-bond donors (Lipinski definition) is 3. The molecule has 0 unspecified atom stereocenters. The summed E-state index contributed by atoms with van der Waals surface area (Å²) in [6, 6.07) is 8.02. The number of ether oxygens (including phenoxy) is 2. The number of anilines is 3. The molecular formula is C20H16ClFN6O4. The maximum atomic E-state index is 14.0. The predicted octanol–water partition coefficient (Wildman–Crippen LogP) is 3.83. The quantitative estimate of drug-likeness (QED) is 0.353. The molecule has 4 rings (SSSR count). The topological polar surface area (TPSA) is 137 Å². The Morgan fingerprint density at radius 1 is 1.31 bits per heavy atom. The average molecular weight is 459 g/mol. The Hall–Kier alpha value is -4.12. The molecule has 4 N–H and O–H groups in total. The first-order chi connectivity index (χ1) is 15.3. The Labute approximate surface area is 185 Å². The zero-order valence-electron chi connectivity index (χ0n) is 16.5. The molecule has 0 saturated carbocycles. The van der Waals surface area contributed by atoms with E-state index in [0.29, 0.717) is 33.8 Å². The highest BCUT2D eigenvalue weighted by molar-refractivity contribution is 6.33. The summed E-state index contributed by atoms with van der Waals surface area (Å²) in [6.07, 6.45) is 2.32. The first-order valence-corrected chi connectivity index (χ1v) is 9.49. The molecule has 2 aromatic heterocycles. The number of aliphatic carboxylic acids is 1. The van der Waals surface area contributed by atoms with Crippen LogP contribution < -0.4 is 20.5 Å². The molecular weight excluding hydrogens is 443 g/mol. The lowest BCUT2D eigenvalue weighted by molar-refractivity contribution is -0.137. The molecule has 4 aromatic rings. The lowest BCUT2D eigenvalue weighted by atomic mass is 10.2. The average Bonchev–Trinajstić information content (AvgIpc) is 3.07. The number of nitrogens with two attached hydrogens (primary N) is 1. The van der Waals surface area contributed by atoms with Crippen LogP contribution in [0.5, 0.6) is 17.4 Å². The molecule has 32 heavy (non-hydrogen) atoms. The molecule has 0 bridgehead atoms. The van der Waals surface area contributed by atoms with Crippen LogP contribution in [0.4, 0.5) is 21.6 Å². The maximum Gasteiger partial charge on any atom is 0.325 e. The lowest BCUT2D eigenvalue weighted by Gasteiger charge is -2.12. The highest BCUT2D eigenvalue weighted by Gasteiger charge is 2.15. The number of rotatable bonds is 7. The molecule has 0 spiro atoms. The zero-order chi connectivity index (χ0) is 22.8. The summed E-state index contributed by atoms with van der Waals surface area (Å²) in [7, 11) is 1.52. The third-order valence-corrected chi connectivity index (χ3v) is 4.69. The fourth-order valence-electron chi connectivity index (χ4n) is 2.95. The Bertz CT molecular complexity index is 1330. The first-order valence-electron chi connectivity index (χ1n) is 9.11. The molecule has 0 aliphatic carbocycles. The van der Waals surface area contributed by atoms with Crippen molar-refractivity contribution in [3.05, 3.63) is 53.7 Å². The van der Waals surface area contributed by atoms with Crippen LogP contribution in [-0.2, 0) is 11.3 Å². The smallest absolute Gasteiger partial charge is 0.325 e. The second-order valence-corrected chi connectivity index (χ2v) is 6.98. The van der Waals surface area contributed by atoms with Crippen molar-refractivity contribution < 1.29 is 23.8 Å². The minimum absolute atomic E-state index is 0.210. The molecule has 0 aliphatic rings. The van der Waals surface area contributed by atoms with Gasteiger partial charge in [0.2, 0.25) is 5.82 Å². The number of benzene rings is 2. The number of nitrogen functional groups attached to an aromatic ring is 1. The fourth-order valence-corrected chi connectivity index (χ4v) is 3.16. The molecule has 2 heterocycles. The van der Waals surface area contributed by atoms with E-state index in [-0.39, 0.29) is 16.7 Å². The van der Waals surface area contributed by atoms with Gasteiger partial charge >= 0.3 is 5.97 Å². The third-order valence-electron chi connectivity index (χ3n) is 4.38. The van der Waals surface area contributed by atoms with Gasteiger partial charge in [-0.1, -0.05) is 11.6 Å². The van der Waals surface area contributed by atoms with Gasteiger partial charge in [-0.15, -0.1) is 5.10 Å². The molecule has 0 fully saturated rings.